The fourth-order valence-electron chi connectivity index (χ4n) is 2.44. The number of rotatable bonds is 2. The van der Waals surface area contributed by atoms with Crippen molar-refractivity contribution in [1.82, 2.24) is 0 Å². The molecule has 3 aromatic carbocycles. The van der Waals surface area contributed by atoms with Crippen molar-refractivity contribution >= 4 is 26.7 Å². The molecule has 0 spiro atoms. The van der Waals surface area contributed by atoms with E-state index in [0.29, 0.717) is 5.56 Å². The van der Waals surface area contributed by atoms with Crippen molar-refractivity contribution in [2.45, 2.75) is 6.04 Å². The topological polar surface area (TPSA) is 26.0 Å². The zero-order valence-electron chi connectivity index (χ0n) is 10.7. The summed E-state index contributed by atoms with van der Waals surface area (Å²) in [6.45, 7) is 0. The Morgan fingerprint density at radius 1 is 0.900 bits per heavy atom. The molecule has 2 N–H and O–H groups in total. The fraction of sp³-hybridized carbons (Fsp3) is 0.0588. The van der Waals surface area contributed by atoms with Gasteiger partial charge in [-0.05, 0) is 34.5 Å². The maximum atomic E-state index is 14.0. The molecule has 1 unspecified atom stereocenters. The van der Waals surface area contributed by atoms with Crippen LogP contribution in [-0.4, -0.2) is 0 Å². The molecule has 1 atom stereocenters. The van der Waals surface area contributed by atoms with Crippen LogP contribution in [0.1, 0.15) is 17.2 Å². The maximum absolute atomic E-state index is 14.0. The van der Waals surface area contributed by atoms with Gasteiger partial charge in [-0.1, -0.05) is 58.4 Å². The van der Waals surface area contributed by atoms with Crippen molar-refractivity contribution in [3.05, 3.63) is 82.1 Å². The average Bonchev–Trinajstić information content (AvgIpc) is 2.48. The first kappa shape index (κ1) is 13.3. The van der Waals surface area contributed by atoms with E-state index in [-0.39, 0.29) is 5.82 Å². The van der Waals surface area contributed by atoms with E-state index in [2.05, 4.69) is 15.9 Å². The van der Waals surface area contributed by atoms with E-state index in [9.17, 15) is 4.39 Å². The molecule has 0 saturated heterocycles. The van der Waals surface area contributed by atoms with E-state index in [1.807, 2.05) is 42.5 Å². The molecule has 3 aromatic rings. The van der Waals surface area contributed by atoms with Crippen LogP contribution < -0.4 is 5.73 Å². The fourth-order valence-corrected chi connectivity index (χ4v) is 2.82. The number of halogens is 2. The van der Waals surface area contributed by atoms with Gasteiger partial charge in [-0.25, -0.2) is 4.39 Å². The summed E-state index contributed by atoms with van der Waals surface area (Å²) in [5.74, 6) is -0.284. The Bertz CT molecular complexity index is 765. The third-order valence-electron chi connectivity index (χ3n) is 3.45. The van der Waals surface area contributed by atoms with Crippen LogP contribution in [0.4, 0.5) is 4.39 Å². The summed E-state index contributed by atoms with van der Waals surface area (Å²) in [5, 5.41) is 2.16. The number of hydrogen-bond acceptors (Lipinski definition) is 1. The van der Waals surface area contributed by atoms with Gasteiger partial charge in [-0.3, -0.25) is 0 Å². The van der Waals surface area contributed by atoms with Crippen molar-refractivity contribution in [2.75, 3.05) is 0 Å². The highest BCUT2D eigenvalue weighted by Crippen LogP contribution is 2.30. The van der Waals surface area contributed by atoms with E-state index in [1.54, 1.807) is 12.1 Å². The SMILES string of the molecule is NC(c1cc(Br)ccc1F)c1cccc2ccccc12. The van der Waals surface area contributed by atoms with E-state index in [4.69, 9.17) is 5.73 Å². The Labute approximate surface area is 125 Å². The van der Waals surface area contributed by atoms with E-state index >= 15 is 0 Å². The van der Waals surface area contributed by atoms with Gasteiger partial charge in [0, 0.05) is 10.0 Å². The molecular formula is C17H13BrFN. The normalized spacial score (nSPS) is 12.6. The predicted molar refractivity (Wildman–Crippen MR) is 84.1 cm³/mol. The molecule has 1 nitrogen and oxygen atoms in total. The molecule has 0 bridgehead atoms. The molecule has 3 heteroatoms. The molecule has 0 heterocycles. The summed E-state index contributed by atoms with van der Waals surface area (Å²) >= 11 is 3.36. The lowest BCUT2D eigenvalue weighted by atomic mass is 9.94. The predicted octanol–water partition coefficient (Wildman–Crippen LogP) is 4.79. The minimum absolute atomic E-state index is 0.284. The second-order valence-electron chi connectivity index (χ2n) is 4.71. The first-order valence-corrected chi connectivity index (χ1v) is 7.14. The van der Waals surface area contributed by atoms with E-state index < -0.39 is 6.04 Å². The van der Waals surface area contributed by atoms with Crippen molar-refractivity contribution in [3.63, 3.8) is 0 Å². The van der Waals surface area contributed by atoms with Crippen LogP contribution in [0.5, 0.6) is 0 Å². The van der Waals surface area contributed by atoms with Crippen LogP contribution in [-0.2, 0) is 0 Å². The first-order valence-electron chi connectivity index (χ1n) is 6.35. The van der Waals surface area contributed by atoms with Crippen LogP contribution in [0.25, 0.3) is 10.8 Å². The monoisotopic (exact) mass is 329 g/mol. The lowest BCUT2D eigenvalue weighted by Crippen LogP contribution is -2.14. The lowest BCUT2D eigenvalue weighted by Gasteiger charge is -2.16. The number of hydrogen-bond donors (Lipinski definition) is 1. The van der Waals surface area contributed by atoms with Gasteiger partial charge in [0.1, 0.15) is 5.82 Å². The molecule has 0 fully saturated rings. The Morgan fingerprint density at radius 3 is 2.50 bits per heavy atom. The van der Waals surface area contributed by atoms with Crippen molar-refractivity contribution in [2.24, 2.45) is 5.73 Å². The minimum atomic E-state index is -0.487. The Balaban J connectivity index is 2.17. The van der Waals surface area contributed by atoms with Crippen LogP contribution in [0.15, 0.2) is 65.1 Å². The smallest absolute Gasteiger partial charge is 0.128 e. The molecule has 20 heavy (non-hydrogen) atoms. The molecule has 0 aromatic heterocycles. The zero-order valence-corrected chi connectivity index (χ0v) is 12.3. The number of nitrogens with two attached hydrogens (primary N) is 1. The van der Waals surface area contributed by atoms with E-state index in [1.165, 1.54) is 6.07 Å². The van der Waals surface area contributed by atoms with Gasteiger partial charge in [0.15, 0.2) is 0 Å². The number of fused-ring (bicyclic) bond motifs is 1. The molecular weight excluding hydrogens is 317 g/mol. The molecule has 0 amide bonds. The summed E-state index contributed by atoms with van der Waals surface area (Å²) < 4.78 is 14.8. The standard InChI is InChI=1S/C17H13BrFN/c18-12-8-9-16(19)15(10-12)17(20)14-7-3-5-11-4-1-2-6-13(11)14/h1-10,17H,20H2. The highest BCUT2D eigenvalue weighted by atomic mass is 79.9. The Hall–Kier alpha value is -1.71. The van der Waals surface area contributed by atoms with Crippen LogP contribution in [0.3, 0.4) is 0 Å². The van der Waals surface area contributed by atoms with Gasteiger partial charge in [0.2, 0.25) is 0 Å². The first-order chi connectivity index (χ1) is 9.66. The summed E-state index contributed by atoms with van der Waals surface area (Å²) in [6, 6.07) is 18.3. The Morgan fingerprint density at radius 2 is 1.65 bits per heavy atom. The molecule has 0 aliphatic heterocycles. The molecule has 0 aliphatic carbocycles. The summed E-state index contributed by atoms with van der Waals surface area (Å²) in [6.07, 6.45) is 0. The summed E-state index contributed by atoms with van der Waals surface area (Å²) in [4.78, 5) is 0. The number of benzene rings is 3. The van der Waals surface area contributed by atoms with E-state index in [0.717, 1.165) is 20.8 Å². The lowest BCUT2D eigenvalue weighted by molar-refractivity contribution is 0.600. The third kappa shape index (κ3) is 2.35. The highest BCUT2D eigenvalue weighted by molar-refractivity contribution is 9.10. The quantitative estimate of drug-likeness (QED) is 0.718. The second-order valence-corrected chi connectivity index (χ2v) is 5.63. The van der Waals surface area contributed by atoms with Crippen molar-refractivity contribution in [3.8, 4) is 0 Å². The van der Waals surface area contributed by atoms with Gasteiger partial charge in [-0.15, -0.1) is 0 Å². The van der Waals surface area contributed by atoms with Gasteiger partial charge < -0.3 is 5.73 Å². The Kier molecular flexibility index (Phi) is 3.55. The van der Waals surface area contributed by atoms with Gasteiger partial charge >= 0.3 is 0 Å². The van der Waals surface area contributed by atoms with Gasteiger partial charge in [-0.2, -0.15) is 0 Å². The molecule has 0 aliphatic rings. The zero-order chi connectivity index (χ0) is 14.1. The van der Waals surface area contributed by atoms with Crippen LogP contribution in [0.2, 0.25) is 0 Å². The van der Waals surface area contributed by atoms with Gasteiger partial charge in [0.25, 0.3) is 0 Å². The minimum Gasteiger partial charge on any atom is -0.320 e. The molecule has 100 valence electrons. The van der Waals surface area contributed by atoms with Crippen molar-refractivity contribution in [1.29, 1.82) is 0 Å². The molecule has 3 rings (SSSR count). The van der Waals surface area contributed by atoms with Crippen molar-refractivity contribution < 1.29 is 4.39 Å². The largest absolute Gasteiger partial charge is 0.320 e. The average molecular weight is 330 g/mol. The summed E-state index contributed by atoms with van der Waals surface area (Å²) in [7, 11) is 0. The van der Waals surface area contributed by atoms with Crippen LogP contribution in [0, 0.1) is 5.82 Å². The molecule has 0 radical (unpaired) electrons. The summed E-state index contributed by atoms with van der Waals surface area (Å²) in [5.41, 5.74) is 7.72. The third-order valence-corrected chi connectivity index (χ3v) is 3.94. The van der Waals surface area contributed by atoms with Gasteiger partial charge in [0.05, 0.1) is 6.04 Å². The second kappa shape index (κ2) is 5.35. The molecule has 0 saturated carbocycles. The highest BCUT2D eigenvalue weighted by Gasteiger charge is 2.16. The maximum Gasteiger partial charge on any atom is 0.128 e. The van der Waals surface area contributed by atoms with Crippen LogP contribution >= 0.6 is 15.9 Å².